The second-order valence-corrected chi connectivity index (χ2v) is 11.2. The first kappa shape index (κ1) is 28.3. The molecule has 2 amide bonds. The Hall–Kier alpha value is -2.71. The van der Waals surface area contributed by atoms with E-state index < -0.39 is 35.0 Å². The predicted octanol–water partition coefficient (Wildman–Crippen LogP) is 3.56. The highest BCUT2D eigenvalue weighted by molar-refractivity contribution is 6.05. The number of nitrogens with zero attached hydrogens (tertiary/aromatic N) is 2. The summed E-state index contributed by atoms with van der Waals surface area (Å²) in [5, 5.41) is 9.26. The summed E-state index contributed by atoms with van der Waals surface area (Å²) in [6.07, 6.45) is 4.19. The molecule has 0 radical (unpaired) electrons. The predicted molar refractivity (Wildman–Crippen MR) is 145 cm³/mol. The smallest absolute Gasteiger partial charge is 0.312 e. The number of fused-ring (bicyclic) bond motifs is 1. The van der Waals surface area contributed by atoms with Crippen molar-refractivity contribution in [2.45, 2.75) is 77.5 Å². The molecule has 0 saturated carbocycles. The standard InChI is InChI=1S/C30H42N2O6/c1-7-15-31(24-19(3)13-12-14-20(24)4)27(35)25-30-18-21(5)29(6,38-30)23(28(36)37-8-2)22(30)26(34)32(25)16-10-9-11-17-33/h7,12-14,21-23,25,33H,1,8-11,15-18H2,2-6H3/t21?,22-,23+,25?,29-,30?/m0/s1. The average molecular weight is 527 g/mol. The van der Waals surface area contributed by atoms with E-state index in [0.717, 1.165) is 23.2 Å². The molecule has 0 aromatic heterocycles. The molecular weight excluding hydrogens is 484 g/mol. The Morgan fingerprint density at radius 2 is 1.95 bits per heavy atom. The molecule has 38 heavy (non-hydrogen) atoms. The molecule has 3 aliphatic heterocycles. The van der Waals surface area contributed by atoms with Gasteiger partial charge in [-0.25, -0.2) is 0 Å². The van der Waals surface area contributed by atoms with Crippen molar-refractivity contribution in [1.82, 2.24) is 4.90 Å². The summed E-state index contributed by atoms with van der Waals surface area (Å²) in [7, 11) is 0. The Balaban J connectivity index is 1.82. The van der Waals surface area contributed by atoms with Gasteiger partial charge in [-0.15, -0.1) is 6.58 Å². The number of unbranched alkanes of at least 4 members (excludes halogenated alkanes) is 2. The summed E-state index contributed by atoms with van der Waals surface area (Å²) in [5.74, 6) is -2.48. The number of hydrogen-bond acceptors (Lipinski definition) is 6. The number of aliphatic hydroxyl groups excluding tert-OH is 1. The highest BCUT2D eigenvalue weighted by atomic mass is 16.6. The lowest BCUT2D eigenvalue weighted by Crippen LogP contribution is -2.57. The number of para-hydroxylation sites is 1. The van der Waals surface area contributed by atoms with Gasteiger partial charge in [0.2, 0.25) is 5.91 Å². The van der Waals surface area contributed by atoms with Gasteiger partial charge in [-0.3, -0.25) is 14.4 Å². The van der Waals surface area contributed by atoms with Crippen LogP contribution in [0.2, 0.25) is 0 Å². The Bertz CT molecular complexity index is 1080. The summed E-state index contributed by atoms with van der Waals surface area (Å²) in [6.45, 7) is 14.4. The first-order valence-electron chi connectivity index (χ1n) is 13.9. The van der Waals surface area contributed by atoms with Crippen molar-refractivity contribution in [3.05, 3.63) is 42.0 Å². The second kappa shape index (κ2) is 10.8. The van der Waals surface area contributed by atoms with Crippen LogP contribution < -0.4 is 4.90 Å². The van der Waals surface area contributed by atoms with Gasteiger partial charge in [0.15, 0.2) is 0 Å². The third-order valence-corrected chi connectivity index (χ3v) is 8.93. The topological polar surface area (TPSA) is 96.4 Å². The number of esters is 1. The molecule has 4 rings (SSSR count). The number of benzene rings is 1. The van der Waals surface area contributed by atoms with Gasteiger partial charge in [0.05, 0.1) is 18.1 Å². The second-order valence-electron chi connectivity index (χ2n) is 11.2. The lowest BCUT2D eigenvalue weighted by Gasteiger charge is -2.38. The zero-order chi connectivity index (χ0) is 27.8. The third kappa shape index (κ3) is 4.26. The van der Waals surface area contributed by atoms with Crippen LogP contribution in [0.25, 0.3) is 0 Å². The molecule has 3 saturated heterocycles. The van der Waals surface area contributed by atoms with Crippen molar-refractivity contribution in [2.24, 2.45) is 17.8 Å². The molecular formula is C30H42N2O6. The van der Waals surface area contributed by atoms with E-state index in [1.807, 2.05) is 45.9 Å². The molecule has 8 heteroatoms. The number of hydrogen-bond donors (Lipinski definition) is 1. The van der Waals surface area contributed by atoms with Crippen molar-refractivity contribution in [3.8, 4) is 0 Å². The van der Waals surface area contributed by atoms with Crippen molar-refractivity contribution in [3.63, 3.8) is 0 Å². The number of carbonyl (C=O) groups excluding carboxylic acids is 3. The van der Waals surface area contributed by atoms with E-state index in [1.165, 1.54) is 0 Å². The van der Waals surface area contributed by atoms with Crippen LogP contribution in [0.1, 0.15) is 57.6 Å². The number of carbonyl (C=O) groups is 3. The van der Waals surface area contributed by atoms with Gasteiger partial charge in [0.25, 0.3) is 5.91 Å². The highest BCUT2D eigenvalue weighted by Crippen LogP contribution is 2.65. The van der Waals surface area contributed by atoms with Crippen LogP contribution in [0.4, 0.5) is 5.69 Å². The molecule has 1 aromatic rings. The first-order chi connectivity index (χ1) is 18.1. The van der Waals surface area contributed by atoms with E-state index in [4.69, 9.17) is 9.47 Å². The maximum absolute atomic E-state index is 14.7. The van der Waals surface area contributed by atoms with E-state index in [2.05, 4.69) is 6.58 Å². The fourth-order valence-corrected chi connectivity index (χ4v) is 7.22. The molecule has 3 fully saturated rings. The van der Waals surface area contributed by atoms with Gasteiger partial charge < -0.3 is 24.4 Å². The van der Waals surface area contributed by atoms with Crippen LogP contribution in [-0.2, 0) is 23.9 Å². The van der Waals surface area contributed by atoms with E-state index in [1.54, 1.807) is 22.8 Å². The van der Waals surface area contributed by atoms with E-state index in [9.17, 15) is 19.5 Å². The van der Waals surface area contributed by atoms with Gasteiger partial charge in [-0.2, -0.15) is 0 Å². The maximum Gasteiger partial charge on any atom is 0.312 e. The Morgan fingerprint density at radius 1 is 1.26 bits per heavy atom. The van der Waals surface area contributed by atoms with Crippen LogP contribution in [-0.4, -0.2) is 71.3 Å². The molecule has 208 valence electrons. The lowest BCUT2D eigenvalue weighted by atomic mass is 9.62. The zero-order valence-corrected chi connectivity index (χ0v) is 23.4. The van der Waals surface area contributed by atoms with Crippen LogP contribution in [0.3, 0.4) is 0 Å². The van der Waals surface area contributed by atoms with Gasteiger partial charge >= 0.3 is 5.97 Å². The Kier molecular flexibility index (Phi) is 8.05. The molecule has 6 atom stereocenters. The summed E-state index contributed by atoms with van der Waals surface area (Å²) in [4.78, 5) is 45.5. The highest BCUT2D eigenvalue weighted by Gasteiger charge is 2.80. The fourth-order valence-electron chi connectivity index (χ4n) is 7.22. The van der Waals surface area contributed by atoms with Crippen LogP contribution >= 0.6 is 0 Å². The summed E-state index contributed by atoms with van der Waals surface area (Å²) in [6, 6.07) is 5.02. The quantitative estimate of drug-likeness (QED) is 0.269. The number of rotatable bonds is 11. The molecule has 2 bridgehead atoms. The van der Waals surface area contributed by atoms with Crippen LogP contribution in [0.5, 0.6) is 0 Å². The number of likely N-dealkylation sites (tertiary alicyclic amines) is 1. The van der Waals surface area contributed by atoms with Gasteiger partial charge in [-0.05, 0) is 70.4 Å². The monoisotopic (exact) mass is 526 g/mol. The molecule has 1 aromatic carbocycles. The molecule has 1 N–H and O–H groups in total. The van der Waals surface area contributed by atoms with Gasteiger partial charge in [0, 0.05) is 25.4 Å². The van der Waals surface area contributed by atoms with Crippen molar-refractivity contribution in [2.75, 3.05) is 31.2 Å². The van der Waals surface area contributed by atoms with Crippen molar-refractivity contribution < 1.29 is 29.0 Å². The fraction of sp³-hybridized carbons (Fsp3) is 0.633. The number of ether oxygens (including phenoxy) is 2. The van der Waals surface area contributed by atoms with E-state index >= 15 is 0 Å². The van der Waals surface area contributed by atoms with Crippen molar-refractivity contribution >= 4 is 23.5 Å². The largest absolute Gasteiger partial charge is 0.466 e. The summed E-state index contributed by atoms with van der Waals surface area (Å²) >= 11 is 0. The molecule has 3 aliphatic rings. The first-order valence-corrected chi connectivity index (χ1v) is 13.9. The van der Waals surface area contributed by atoms with Crippen LogP contribution in [0, 0.1) is 31.6 Å². The van der Waals surface area contributed by atoms with E-state index in [0.29, 0.717) is 25.8 Å². The minimum atomic E-state index is -1.12. The normalized spacial score (nSPS) is 31.4. The molecule has 0 aliphatic carbocycles. The summed E-state index contributed by atoms with van der Waals surface area (Å²) < 4.78 is 12.2. The molecule has 1 spiro atoms. The van der Waals surface area contributed by atoms with Crippen molar-refractivity contribution in [1.29, 1.82) is 0 Å². The Labute approximate surface area is 226 Å². The molecule has 3 heterocycles. The molecule has 3 unspecified atom stereocenters. The number of aliphatic hydroxyl groups is 1. The number of anilines is 1. The lowest BCUT2D eigenvalue weighted by molar-refractivity contribution is -0.161. The maximum atomic E-state index is 14.7. The molecule has 8 nitrogen and oxygen atoms in total. The minimum Gasteiger partial charge on any atom is -0.466 e. The van der Waals surface area contributed by atoms with E-state index in [-0.39, 0.29) is 37.5 Å². The number of amides is 2. The SMILES string of the molecule is C=CCN(C(=O)C1N(CCCCCO)C(=O)[C@@H]2[C@H](C(=O)OCC)[C@@]3(C)OC12CC3C)c1c(C)cccc1C. The summed E-state index contributed by atoms with van der Waals surface area (Å²) in [5.41, 5.74) is 0.699. The number of aryl methyl sites for hydroxylation is 2. The Morgan fingerprint density at radius 3 is 2.55 bits per heavy atom. The zero-order valence-electron chi connectivity index (χ0n) is 23.4. The minimum absolute atomic E-state index is 0.0429. The van der Waals surface area contributed by atoms with Crippen LogP contribution in [0.15, 0.2) is 30.9 Å². The average Bonchev–Trinajstić information content (AvgIpc) is 3.37. The van der Waals surface area contributed by atoms with Gasteiger partial charge in [0.1, 0.15) is 17.6 Å². The third-order valence-electron chi connectivity index (χ3n) is 8.93. The van der Waals surface area contributed by atoms with Gasteiger partial charge in [-0.1, -0.05) is 31.2 Å².